The number of nitrogens with one attached hydrogen (secondary N) is 2. The van der Waals surface area contributed by atoms with Crippen LogP contribution in [-0.2, 0) is 6.54 Å². The molecule has 0 radical (unpaired) electrons. The molecule has 1 fully saturated rings. The van der Waals surface area contributed by atoms with E-state index in [0.29, 0.717) is 11.8 Å². The van der Waals surface area contributed by atoms with Gasteiger partial charge in [-0.2, -0.15) is 0 Å². The Labute approximate surface area is 151 Å². The second-order valence-corrected chi connectivity index (χ2v) is 7.15. The van der Waals surface area contributed by atoms with Crippen molar-refractivity contribution in [2.75, 3.05) is 60.6 Å². The third kappa shape index (κ3) is 3.57. The van der Waals surface area contributed by atoms with Crippen LogP contribution >= 0.6 is 0 Å². The fraction of sp³-hybridized carbons (Fsp3) is 0.684. The number of methoxy groups -OCH3 is 3. The summed E-state index contributed by atoms with van der Waals surface area (Å²) in [6, 6.07) is 2.69. The first-order chi connectivity index (χ1) is 12.2. The van der Waals surface area contributed by atoms with E-state index in [1.54, 1.807) is 31.1 Å². The van der Waals surface area contributed by atoms with E-state index in [2.05, 4.69) is 18.3 Å². The SMILES string of the molecule is CCC[NH+]1CC[NH+]([C@@H]2C[NH2+]Cc3c2cc(OC)c(OC)c3OC)CC1. The molecule has 0 aliphatic carbocycles. The van der Waals surface area contributed by atoms with Crippen molar-refractivity contribution >= 4 is 0 Å². The molecule has 0 amide bonds. The third-order valence-electron chi connectivity index (χ3n) is 5.79. The molecule has 3 rings (SSSR count). The van der Waals surface area contributed by atoms with Gasteiger partial charge in [-0.15, -0.1) is 0 Å². The first kappa shape index (κ1) is 18.3. The molecule has 140 valence electrons. The number of hydrogen-bond donors (Lipinski definition) is 3. The summed E-state index contributed by atoms with van der Waals surface area (Å²) in [5.41, 5.74) is 2.65. The predicted octanol–water partition coefficient (Wildman–Crippen LogP) is -1.98. The lowest BCUT2D eigenvalue weighted by atomic mass is 9.93. The molecule has 4 N–H and O–H groups in total. The zero-order chi connectivity index (χ0) is 17.8. The quantitative estimate of drug-likeness (QED) is 0.557. The number of benzene rings is 1. The lowest BCUT2D eigenvalue weighted by Gasteiger charge is -2.36. The summed E-state index contributed by atoms with van der Waals surface area (Å²) < 4.78 is 16.9. The molecular weight excluding hydrogens is 318 g/mol. The topological polar surface area (TPSA) is 53.2 Å². The summed E-state index contributed by atoms with van der Waals surface area (Å²) in [6.07, 6.45) is 1.28. The number of nitrogens with two attached hydrogens (primary N) is 1. The number of ether oxygens (including phenoxy) is 3. The molecule has 2 aliphatic heterocycles. The maximum atomic E-state index is 5.72. The van der Waals surface area contributed by atoms with E-state index in [1.165, 1.54) is 50.3 Å². The van der Waals surface area contributed by atoms with Gasteiger partial charge in [-0.25, -0.2) is 0 Å². The van der Waals surface area contributed by atoms with E-state index < -0.39 is 0 Å². The van der Waals surface area contributed by atoms with Crippen LogP contribution in [0, 0.1) is 0 Å². The fourth-order valence-electron chi connectivity index (χ4n) is 4.54. The molecule has 1 aromatic rings. The van der Waals surface area contributed by atoms with Gasteiger partial charge in [-0.05, 0) is 12.5 Å². The second-order valence-electron chi connectivity index (χ2n) is 7.15. The molecule has 0 saturated carbocycles. The first-order valence-electron chi connectivity index (χ1n) is 9.54. The molecule has 2 aliphatic rings. The number of piperazine rings is 1. The van der Waals surface area contributed by atoms with Crippen LogP contribution in [0.4, 0.5) is 0 Å². The van der Waals surface area contributed by atoms with Crippen LogP contribution in [-0.4, -0.2) is 60.6 Å². The van der Waals surface area contributed by atoms with Crippen LogP contribution in [0.2, 0.25) is 0 Å². The molecule has 25 heavy (non-hydrogen) atoms. The Balaban J connectivity index is 1.89. The molecule has 1 aromatic carbocycles. The Morgan fingerprint density at radius 3 is 2.36 bits per heavy atom. The van der Waals surface area contributed by atoms with Crippen LogP contribution in [0.3, 0.4) is 0 Å². The van der Waals surface area contributed by atoms with Gasteiger partial charge in [-0.1, -0.05) is 6.92 Å². The Morgan fingerprint density at radius 1 is 1.04 bits per heavy atom. The van der Waals surface area contributed by atoms with Gasteiger partial charge in [0.25, 0.3) is 0 Å². The highest BCUT2D eigenvalue weighted by Crippen LogP contribution is 2.43. The van der Waals surface area contributed by atoms with Crippen LogP contribution in [0.5, 0.6) is 17.2 Å². The van der Waals surface area contributed by atoms with Crippen molar-refractivity contribution < 1.29 is 29.3 Å². The standard InChI is InChI=1S/C19H31N3O3/c1-5-6-21-7-9-22(10-8-21)16-13-20-12-15-14(16)11-17(23-2)19(25-4)18(15)24-3/h11,16,20H,5-10,12-13H2,1-4H3/p+3/t16-/m1/s1. The summed E-state index contributed by atoms with van der Waals surface area (Å²) in [6.45, 7) is 10.7. The molecule has 6 heteroatoms. The zero-order valence-electron chi connectivity index (χ0n) is 16.1. The van der Waals surface area contributed by atoms with Crippen LogP contribution in [0.1, 0.15) is 30.5 Å². The summed E-state index contributed by atoms with van der Waals surface area (Å²) in [5.74, 6) is 2.33. The normalized spacial score (nSPS) is 26.0. The first-order valence-corrected chi connectivity index (χ1v) is 9.54. The number of fused-ring (bicyclic) bond motifs is 1. The molecule has 0 bridgehead atoms. The fourth-order valence-corrected chi connectivity index (χ4v) is 4.54. The summed E-state index contributed by atoms with van der Waals surface area (Å²) >= 11 is 0. The Morgan fingerprint density at radius 2 is 1.76 bits per heavy atom. The lowest BCUT2D eigenvalue weighted by molar-refractivity contribution is -1.03. The Bertz CT molecular complexity index is 586. The molecule has 1 atom stereocenters. The van der Waals surface area contributed by atoms with E-state index in [4.69, 9.17) is 14.2 Å². The molecule has 0 unspecified atom stereocenters. The van der Waals surface area contributed by atoms with E-state index >= 15 is 0 Å². The minimum absolute atomic E-state index is 0.501. The average molecular weight is 352 g/mol. The lowest BCUT2D eigenvalue weighted by Crippen LogP contribution is -3.29. The minimum atomic E-state index is 0.501. The van der Waals surface area contributed by atoms with Crippen molar-refractivity contribution in [3.63, 3.8) is 0 Å². The zero-order valence-corrected chi connectivity index (χ0v) is 16.1. The second kappa shape index (κ2) is 8.25. The van der Waals surface area contributed by atoms with E-state index in [-0.39, 0.29) is 0 Å². The van der Waals surface area contributed by atoms with Gasteiger partial charge in [0.05, 0.1) is 33.4 Å². The van der Waals surface area contributed by atoms with E-state index in [0.717, 1.165) is 24.6 Å². The molecule has 0 aromatic heterocycles. The van der Waals surface area contributed by atoms with E-state index in [1.807, 2.05) is 0 Å². The summed E-state index contributed by atoms with van der Waals surface area (Å²) in [5, 5.41) is 2.40. The van der Waals surface area contributed by atoms with Crippen molar-refractivity contribution in [3.05, 3.63) is 17.2 Å². The number of hydrogen-bond acceptors (Lipinski definition) is 3. The van der Waals surface area contributed by atoms with Crippen molar-refractivity contribution in [1.82, 2.24) is 0 Å². The van der Waals surface area contributed by atoms with Crippen LogP contribution in [0.15, 0.2) is 6.07 Å². The average Bonchev–Trinajstić information content (AvgIpc) is 2.66. The Kier molecular flexibility index (Phi) is 6.04. The smallest absolute Gasteiger partial charge is 0.203 e. The van der Waals surface area contributed by atoms with Crippen LogP contribution in [0.25, 0.3) is 0 Å². The molecule has 2 heterocycles. The van der Waals surface area contributed by atoms with Crippen molar-refractivity contribution in [3.8, 4) is 17.2 Å². The highest BCUT2D eigenvalue weighted by Gasteiger charge is 2.38. The summed E-state index contributed by atoms with van der Waals surface area (Å²) in [4.78, 5) is 3.46. The maximum Gasteiger partial charge on any atom is 0.203 e. The van der Waals surface area contributed by atoms with Crippen molar-refractivity contribution in [1.29, 1.82) is 0 Å². The molecule has 6 nitrogen and oxygen atoms in total. The van der Waals surface area contributed by atoms with Gasteiger partial charge in [0, 0.05) is 5.56 Å². The molecule has 1 saturated heterocycles. The Hall–Kier alpha value is -1.50. The maximum absolute atomic E-state index is 5.72. The van der Waals surface area contributed by atoms with Crippen LogP contribution < -0.4 is 29.3 Å². The van der Waals surface area contributed by atoms with Gasteiger partial charge in [0.15, 0.2) is 17.5 Å². The largest absolute Gasteiger partial charge is 0.493 e. The van der Waals surface area contributed by atoms with Crippen molar-refractivity contribution in [2.45, 2.75) is 25.9 Å². The number of quaternary nitrogens is 3. The van der Waals surface area contributed by atoms with Gasteiger partial charge in [0.2, 0.25) is 5.75 Å². The monoisotopic (exact) mass is 352 g/mol. The van der Waals surface area contributed by atoms with E-state index in [9.17, 15) is 0 Å². The van der Waals surface area contributed by atoms with Crippen molar-refractivity contribution in [2.24, 2.45) is 0 Å². The van der Waals surface area contributed by atoms with Gasteiger partial charge in [-0.3, -0.25) is 0 Å². The van der Waals surface area contributed by atoms with Gasteiger partial charge in [0.1, 0.15) is 39.3 Å². The minimum Gasteiger partial charge on any atom is -0.493 e. The molecular formula is C19H34N3O3+3. The summed E-state index contributed by atoms with van der Waals surface area (Å²) in [7, 11) is 5.10. The van der Waals surface area contributed by atoms with Gasteiger partial charge >= 0.3 is 0 Å². The third-order valence-corrected chi connectivity index (χ3v) is 5.79. The highest BCUT2D eigenvalue weighted by atomic mass is 16.5. The predicted molar refractivity (Wildman–Crippen MR) is 95.9 cm³/mol. The molecule has 0 spiro atoms. The highest BCUT2D eigenvalue weighted by molar-refractivity contribution is 5.59. The van der Waals surface area contributed by atoms with Gasteiger partial charge < -0.3 is 29.3 Å². The number of rotatable bonds is 6.